The lowest BCUT2D eigenvalue weighted by atomic mass is 10.0. The molecule has 2 aromatic rings. The summed E-state index contributed by atoms with van der Waals surface area (Å²) in [5, 5.41) is 5.84. The monoisotopic (exact) mass is 389 g/mol. The smallest absolute Gasteiger partial charge is 0.242 e. The number of amides is 1. The van der Waals surface area contributed by atoms with E-state index >= 15 is 0 Å². The molecule has 2 aromatic carbocycles. The highest BCUT2D eigenvalue weighted by molar-refractivity contribution is 7.89. The zero-order chi connectivity index (χ0) is 20.0. The van der Waals surface area contributed by atoms with Crippen molar-refractivity contribution >= 4 is 21.6 Å². The van der Waals surface area contributed by atoms with Crippen LogP contribution < -0.4 is 10.6 Å². The van der Waals surface area contributed by atoms with Gasteiger partial charge in [-0.05, 0) is 35.2 Å². The topological polar surface area (TPSA) is 78.5 Å². The van der Waals surface area contributed by atoms with Crippen molar-refractivity contribution < 1.29 is 13.2 Å². The normalized spacial score (nSPS) is 11.6. The number of benzene rings is 2. The second kappa shape index (κ2) is 9.01. The summed E-state index contributed by atoms with van der Waals surface area (Å²) in [6.07, 6.45) is 0. The molecular formula is C20H27N3O3S. The average molecular weight is 390 g/mol. The van der Waals surface area contributed by atoms with Crippen LogP contribution in [0.5, 0.6) is 0 Å². The molecule has 0 saturated carbocycles. The quantitative estimate of drug-likeness (QED) is 0.728. The lowest BCUT2D eigenvalue weighted by molar-refractivity contribution is -0.119. The van der Waals surface area contributed by atoms with E-state index in [0.29, 0.717) is 11.5 Å². The number of nitrogens with zero attached hydrogens (tertiary/aromatic N) is 1. The Morgan fingerprint density at radius 1 is 1.04 bits per heavy atom. The van der Waals surface area contributed by atoms with Gasteiger partial charge in [-0.1, -0.05) is 44.2 Å². The fourth-order valence-electron chi connectivity index (χ4n) is 2.52. The fourth-order valence-corrected chi connectivity index (χ4v) is 3.64. The zero-order valence-electron chi connectivity index (χ0n) is 16.2. The first-order valence-corrected chi connectivity index (χ1v) is 10.3. The van der Waals surface area contributed by atoms with Gasteiger partial charge >= 0.3 is 0 Å². The highest BCUT2D eigenvalue weighted by Gasteiger charge is 2.20. The summed E-state index contributed by atoms with van der Waals surface area (Å²) >= 11 is 0. The average Bonchev–Trinajstić information content (AvgIpc) is 2.65. The van der Waals surface area contributed by atoms with Crippen LogP contribution in [0.4, 0.5) is 5.69 Å². The van der Waals surface area contributed by atoms with E-state index in [-0.39, 0.29) is 23.9 Å². The molecular weight excluding hydrogens is 362 g/mol. The van der Waals surface area contributed by atoms with Crippen molar-refractivity contribution in [1.29, 1.82) is 0 Å². The van der Waals surface area contributed by atoms with Crippen molar-refractivity contribution in [2.24, 2.45) is 0 Å². The third-order valence-electron chi connectivity index (χ3n) is 4.24. The molecule has 0 spiro atoms. The van der Waals surface area contributed by atoms with Crippen molar-refractivity contribution in [2.45, 2.75) is 31.2 Å². The summed E-state index contributed by atoms with van der Waals surface area (Å²) in [7, 11) is -0.585. The number of carbonyl (C=O) groups excluding carboxylic acids is 1. The van der Waals surface area contributed by atoms with Gasteiger partial charge in [0.15, 0.2) is 0 Å². The molecule has 0 radical (unpaired) electrons. The molecule has 2 rings (SSSR count). The fraction of sp³-hybridized carbons (Fsp3) is 0.350. The summed E-state index contributed by atoms with van der Waals surface area (Å²) in [4.78, 5) is 12.3. The third kappa shape index (κ3) is 5.55. The molecule has 0 aliphatic carbocycles. The van der Waals surface area contributed by atoms with Crippen LogP contribution in [0, 0.1) is 0 Å². The van der Waals surface area contributed by atoms with Gasteiger partial charge in [-0.3, -0.25) is 4.79 Å². The number of rotatable bonds is 8. The number of hydrogen-bond acceptors (Lipinski definition) is 4. The Morgan fingerprint density at radius 3 is 2.26 bits per heavy atom. The van der Waals surface area contributed by atoms with Gasteiger partial charge in [0, 0.05) is 26.3 Å². The molecule has 1 amide bonds. The number of carbonyl (C=O) groups is 1. The van der Waals surface area contributed by atoms with Gasteiger partial charge in [0.1, 0.15) is 0 Å². The van der Waals surface area contributed by atoms with E-state index < -0.39 is 10.0 Å². The minimum atomic E-state index is -3.56. The van der Waals surface area contributed by atoms with Gasteiger partial charge in [-0.25, -0.2) is 12.7 Å². The van der Waals surface area contributed by atoms with E-state index in [0.717, 1.165) is 9.99 Å². The first kappa shape index (κ1) is 20.9. The molecule has 0 bridgehead atoms. The summed E-state index contributed by atoms with van der Waals surface area (Å²) in [6, 6.07) is 14.6. The predicted molar refractivity (Wildman–Crippen MR) is 108 cm³/mol. The number of anilines is 1. The van der Waals surface area contributed by atoms with Crippen LogP contribution in [-0.2, 0) is 21.4 Å². The molecule has 0 aromatic heterocycles. The van der Waals surface area contributed by atoms with Crippen molar-refractivity contribution in [2.75, 3.05) is 26.0 Å². The highest BCUT2D eigenvalue weighted by Crippen LogP contribution is 2.19. The number of sulfonamides is 1. The Balaban J connectivity index is 1.95. The first-order chi connectivity index (χ1) is 12.7. The van der Waals surface area contributed by atoms with Crippen LogP contribution in [0.1, 0.15) is 30.9 Å². The molecule has 2 N–H and O–H groups in total. The van der Waals surface area contributed by atoms with Crippen LogP contribution in [0.3, 0.4) is 0 Å². The van der Waals surface area contributed by atoms with Gasteiger partial charge in [-0.2, -0.15) is 0 Å². The highest BCUT2D eigenvalue weighted by atomic mass is 32.2. The van der Waals surface area contributed by atoms with Gasteiger partial charge in [-0.15, -0.1) is 0 Å². The zero-order valence-corrected chi connectivity index (χ0v) is 17.0. The summed E-state index contributed by atoms with van der Waals surface area (Å²) in [5.74, 6) is 0.251. The lowest BCUT2D eigenvalue weighted by Gasteiger charge is -2.15. The minimum Gasteiger partial charge on any atom is -0.376 e. The lowest BCUT2D eigenvalue weighted by Crippen LogP contribution is -2.30. The second-order valence-corrected chi connectivity index (χ2v) is 8.92. The van der Waals surface area contributed by atoms with E-state index in [9.17, 15) is 13.2 Å². The molecule has 27 heavy (non-hydrogen) atoms. The van der Waals surface area contributed by atoms with Crippen LogP contribution >= 0.6 is 0 Å². The largest absolute Gasteiger partial charge is 0.376 e. The van der Waals surface area contributed by atoms with Crippen LogP contribution in [-0.4, -0.2) is 39.3 Å². The van der Waals surface area contributed by atoms with Gasteiger partial charge < -0.3 is 10.6 Å². The van der Waals surface area contributed by atoms with E-state index in [1.54, 1.807) is 24.3 Å². The third-order valence-corrected chi connectivity index (χ3v) is 6.15. The van der Waals surface area contributed by atoms with Crippen LogP contribution in [0.15, 0.2) is 53.4 Å². The maximum Gasteiger partial charge on any atom is 0.242 e. The molecule has 6 nitrogen and oxygen atoms in total. The van der Waals surface area contributed by atoms with Crippen molar-refractivity contribution in [3.63, 3.8) is 0 Å². The van der Waals surface area contributed by atoms with E-state index in [4.69, 9.17) is 0 Å². The minimum absolute atomic E-state index is 0.115. The van der Waals surface area contributed by atoms with Crippen LogP contribution in [0.2, 0.25) is 0 Å². The maximum absolute atomic E-state index is 12.4. The van der Waals surface area contributed by atoms with E-state index in [1.165, 1.54) is 19.7 Å². The molecule has 0 aliphatic heterocycles. The molecule has 0 saturated heterocycles. The predicted octanol–water partition coefficient (Wildman–Crippen LogP) is 2.79. The van der Waals surface area contributed by atoms with E-state index in [2.05, 4.69) is 24.5 Å². The number of nitrogens with one attached hydrogen (secondary N) is 2. The Labute approximate surface area is 161 Å². The maximum atomic E-state index is 12.4. The van der Waals surface area contributed by atoms with Crippen LogP contribution in [0.25, 0.3) is 0 Å². The summed E-state index contributed by atoms with van der Waals surface area (Å²) in [6.45, 7) is 4.52. The Morgan fingerprint density at radius 2 is 1.67 bits per heavy atom. The molecule has 0 aliphatic rings. The standard InChI is InChI=1S/C20H27N3O3S/c1-15(2)16-9-11-18(12-10-16)21-14-20(24)22-13-17-7-5-6-8-19(17)27(25,26)23(3)4/h5-12,15,21H,13-14H2,1-4H3,(H,22,24). The first-order valence-electron chi connectivity index (χ1n) is 8.82. The van der Waals surface area contributed by atoms with Gasteiger partial charge in [0.25, 0.3) is 0 Å². The SMILES string of the molecule is CC(C)c1ccc(NCC(=O)NCc2ccccc2S(=O)(=O)N(C)C)cc1. The molecule has 0 fully saturated rings. The molecule has 0 unspecified atom stereocenters. The van der Waals surface area contributed by atoms with Crippen molar-refractivity contribution in [3.05, 3.63) is 59.7 Å². The van der Waals surface area contributed by atoms with Crippen molar-refractivity contribution in [1.82, 2.24) is 9.62 Å². The van der Waals surface area contributed by atoms with E-state index in [1.807, 2.05) is 24.3 Å². The second-order valence-electron chi connectivity index (χ2n) is 6.80. The van der Waals surface area contributed by atoms with Crippen molar-refractivity contribution in [3.8, 4) is 0 Å². The van der Waals surface area contributed by atoms with Gasteiger partial charge in [0.2, 0.25) is 15.9 Å². The molecule has 0 heterocycles. The Bertz CT molecular complexity index is 876. The van der Waals surface area contributed by atoms with Gasteiger partial charge in [0.05, 0.1) is 11.4 Å². The molecule has 7 heteroatoms. The summed E-state index contributed by atoms with van der Waals surface area (Å²) < 4.78 is 25.9. The summed E-state index contributed by atoms with van der Waals surface area (Å²) in [5.41, 5.74) is 2.66. The number of hydrogen-bond donors (Lipinski definition) is 2. The Kier molecular flexibility index (Phi) is 6.98. The Hall–Kier alpha value is -2.38. The molecule has 146 valence electrons. The molecule has 0 atom stereocenters.